The molecule has 170 valence electrons. The van der Waals surface area contributed by atoms with Gasteiger partial charge in [-0.25, -0.2) is 9.78 Å². The van der Waals surface area contributed by atoms with E-state index in [1.807, 2.05) is 18.2 Å². The summed E-state index contributed by atoms with van der Waals surface area (Å²) in [6.45, 7) is 0.979. The van der Waals surface area contributed by atoms with E-state index in [2.05, 4.69) is 22.4 Å². The highest BCUT2D eigenvalue weighted by molar-refractivity contribution is 5.95. The molecule has 2 aliphatic carbocycles. The van der Waals surface area contributed by atoms with Crippen molar-refractivity contribution in [3.05, 3.63) is 71.7 Å². The number of rotatable bonds is 8. The quantitative estimate of drug-likeness (QED) is 0.505. The summed E-state index contributed by atoms with van der Waals surface area (Å²) in [4.78, 5) is 28.2. The number of nitrogens with one attached hydrogen (secondary N) is 1. The molecular weight excluding hydrogens is 418 g/mol. The van der Waals surface area contributed by atoms with Crippen molar-refractivity contribution in [1.82, 2.24) is 14.9 Å². The van der Waals surface area contributed by atoms with E-state index in [1.54, 1.807) is 24.5 Å². The van der Waals surface area contributed by atoms with Gasteiger partial charge in [-0.15, -0.1) is 0 Å². The smallest absolute Gasteiger partial charge is 0.415 e. The van der Waals surface area contributed by atoms with Crippen molar-refractivity contribution in [2.24, 2.45) is 5.92 Å². The number of nitrogens with zero attached hydrogens (tertiary/aromatic N) is 2. The molecule has 1 atom stereocenters. The maximum absolute atomic E-state index is 12.6. The Morgan fingerprint density at radius 3 is 2.76 bits per heavy atom. The lowest BCUT2D eigenvalue weighted by Crippen LogP contribution is -2.38. The number of benzene rings is 1. The second-order valence-electron chi connectivity index (χ2n) is 8.91. The van der Waals surface area contributed by atoms with Crippen LogP contribution >= 0.6 is 0 Å². The summed E-state index contributed by atoms with van der Waals surface area (Å²) in [5.74, 6) is 1.36. The van der Waals surface area contributed by atoms with Gasteiger partial charge in [-0.05, 0) is 85.0 Å². The van der Waals surface area contributed by atoms with Crippen molar-refractivity contribution in [2.45, 2.75) is 38.1 Å². The van der Waals surface area contributed by atoms with Gasteiger partial charge < -0.3 is 15.2 Å². The van der Waals surface area contributed by atoms with Crippen LogP contribution in [0.15, 0.2) is 54.9 Å². The monoisotopic (exact) mass is 445 g/mol. The molecule has 3 aromatic rings. The first-order chi connectivity index (χ1) is 16.1. The predicted molar refractivity (Wildman–Crippen MR) is 124 cm³/mol. The molecule has 7 nitrogen and oxygen atoms in total. The van der Waals surface area contributed by atoms with Crippen molar-refractivity contribution in [3.63, 3.8) is 0 Å². The molecule has 33 heavy (non-hydrogen) atoms. The Bertz CT molecular complexity index is 1160. The molecule has 2 aromatic heterocycles. The number of ether oxygens (including phenoxy) is 1. The molecule has 0 radical (unpaired) electrons. The Labute approximate surface area is 192 Å². The molecule has 7 heteroatoms. The maximum atomic E-state index is 12.6. The Kier molecular flexibility index (Phi) is 5.96. The van der Waals surface area contributed by atoms with Gasteiger partial charge in [0.2, 0.25) is 0 Å². The summed E-state index contributed by atoms with van der Waals surface area (Å²) in [6, 6.07) is 13.4. The first-order valence-corrected chi connectivity index (χ1v) is 11.4. The minimum Gasteiger partial charge on any atom is -0.492 e. The molecule has 0 amide bonds. The Morgan fingerprint density at radius 2 is 2.00 bits per heavy atom. The van der Waals surface area contributed by atoms with Crippen molar-refractivity contribution in [3.8, 4) is 17.0 Å². The lowest BCUT2D eigenvalue weighted by atomic mass is 9.86. The summed E-state index contributed by atoms with van der Waals surface area (Å²) in [5.41, 5.74) is 4.49. The molecule has 0 spiro atoms. The lowest BCUT2D eigenvalue weighted by molar-refractivity contribution is 0.0981. The Balaban J connectivity index is 1.16. The third-order valence-corrected chi connectivity index (χ3v) is 6.44. The maximum Gasteiger partial charge on any atom is 0.415 e. The summed E-state index contributed by atoms with van der Waals surface area (Å²) in [5, 5.41) is 12.7. The summed E-state index contributed by atoms with van der Waals surface area (Å²) in [7, 11) is 0. The number of pyridine rings is 1. The van der Waals surface area contributed by atoms with Crippen LogP contribution in [0, 0.1) is 5.92 Å². The minimum atomic E-state index is -0.989. The van der Waals surface area contributed by atoms with Gasteiger partial charge in [-0.3, -0.25) is 9.36 Å². The van der Waals surface area contributed by atoms with E-state index in [0.29, 0.717) is 23.1 Å². The second-order valence-corrected chi connectivity index (χ2v) is 8.91. The highest BCUT2D eigenvalue weighted by atomic mass is 16.5. The van der Waals surface area contributed by atoms with Crippen LogP contribution in [0.5, 0.6) is 5.75 Å². The van der Waals surface area contributed by atoms with Gasteiger partial charge in [0.25, 0.3) is 0 Å². The molecule has 1 aromatic carbocycles. The molecular formula is C26H27N3O4. The van der Waals surface area contributed by atoms with E-state index >= 15 is 0 Å². The number of carboxylic acid groups (broad SMARTS) is 1. The van der Waals surface area contributed by atoms with Gasteiger partial charge in [0.1, 0.15) is 11.4 Å². The van der Waals surface area contributed by atoms with Gasteiger partial charge in [0.05, 0.1) is 25.0 Å². The first-order valence-electron chi connectivity index (χ1n) is 11.4. The predicted octanol–water partition coefficient (Wildman–Crippen LogP) is 4.19. The minimum absolute atomic E-state index is 0.0284. The third kappa shape index (κ3) is 4.98. The number of Topliss-reactive ketones (excluding diaryl/α,β-unsaturated/α-hetero) is 1. The Morgan fingerprint density at radius 1 is 1.12 bits per heavy atom. The number of carbonyl (C=O) groups is 2. The molecule has 0 bridgehead atoms. The van der Waals surface area contributed by atoms with Crippen LogP contribution in [0.4, 0.5) is 4.79 Å². The number of carbonyl (C=O) groups excluding carboxylic acids is 1. The van der Waals surface area contributed by atoms with Gasteiger partial charge in [-0.1, -0.05) is 12.1 Å². The van der Waals surface area contributed by atoms with Crippen LogP contribution in [0.1, 0.15) is 40.9 Å². The fourth-order valence-corrected chi connectivity index (χ4v) is 4.33. The number of ketones is 1. The first kappa shape index (κ1) is 21.4. The number of hydrogen-bond acceptors (Lipinski definition) is 5. The van der Waals surface area contributed by atoms with Gasteiger partial charge >= 0.3 is 6.09 Å². The number of aromatic nitrogens is 2. The lowest BCUT2D eigenvalue weighted by Gasteiger charge is -2.26. The SMILES string of the molecule is O=C(CN[C@H]1CCc2cc(-c3cccn3C(=O)O)ccc2C1)c1ccc(OCC2CC2)cn1. The fraction of sp³-hybridized carbons (Fsp3) is 0.346. The number of hydrogen-bond donors (Lipinski definition) is 2. The average molecular weight is 446 g/mol. The van der Waals surface area contributed by atoms with Crippen molar-refractivity contribution >= 4 is 11.9 Å². The normalized spacial score (nSPS) is 17.4. The van der Waals surface area contributed by atoms with Crippen molar-refractivity contribution in [1.29, 1.82) is 0 Å². The van der Waals surface area contributed by atoms with Crippen molar-refractivity contribution in [2.75, 3.05) is 13.2 Å². The second kappa shape index (κ2) is 9.19. The van der Waals surface area contributed by atoms with Crippen LogP contribution < -0.4 is 10.1 Å². The molecule has 0 unspecified atom stereocenters. The van der Waals surface area contributed by atoms with Crippen LogP contribution in [-0.2, 0) is 12.8 Å². The summed E-state index contributed by atoms with van der Waals surface area (Å²) < 4.78 is 6.92. The molecule has 2 N–H and O–H groups in total. The van der Waals surface area contributed by atoms with E-state index < -0.39 is 6.09 Å². The molecule has 1 saturated carbocycles. The van der Waals surface area contributed by atoms with Gasteiger partial charge in [0.15, 0.2) is 5.78 Å². The summed E-state index contributed by atoms with van der Waals surface area (Å²) in [6.07, 6.45) is 7.31. The van der Waals surface area contributed by atoms with Crippen LogP contribution in [0.2, 0.25) is 0 Å². The zero-order valence-corrected chi connectivity index (χ0v) is 18.4. The van der Waals surface area contributed by atoms with Crippen LogP contribution in [0.3, 0.4) is 0 Å². The number of fused-ring (bicyclic) bond motifs is 1. The molecule has 0 aliphatic heterocycles. The molecule has 0 saturated heterocycles. The number of aryl methyl sites for hydroxylation is 1. The standard InChI is InChI=1S/C26H27N3O4/c30-25(23-10-9-22(14-28-23)33-16-17-3-4-17)15-27-21-8-7-18-12-20(6-5-19(18)13-21)24-2-1-11-29(24)26(31)32/h1-2,5-6,9-12,14,17,21,27H,3-4,7-8,13,15-16H2,(H,31,32)/t21-/m0/s1. The molecule has 1 fully saturated rings. The highest BCUT2D eigenvalue weighted by Crippen LogP contribution is 2.30. The van der Waals surface area contributed by atoms with Crippen LogP contribution in [-0.4, -0.2) is 45.7 Å². The fourth-order valence-electron chi connectivity index (χ4n) is 4.33. The zero-order chi connectivity index (χ0) is 22.8. The van der Waals surface area contributed by atoms with E-state index in [4.69, 9.17) is 4.74 Å². The van der Waals surface area contributed by atoms with Gasteiger partial charge in [0, 0.05) is 12.2 Å². The third-order valence-electron chi connectivity index (χ3n) is 6.44. The van der Waals surface area contributed by atoms with Gasteiger partial charge in [-0.2, -0.15) is 0 Å². The summed E-state index contributed by atoms with van der Waals surface area (Å²) >= 11 is 0. The van der Waals surface area contributed by atoms with E-state index in [9.17, 15) is 14.7 Å². The Hall–Kier alpha value is -3.45. The van der Waals surface area contributed by atoms with Crippen LogP contribution in [0.25, 0.3) is 11.3 Å². The van der Waals surface area contributed by atoms with E-state index in [-0.39, 0.29) is 18.4 Å². The largest absolute Gasteiger partial charge is 0.492 e. The molecule has 5 rings (SSSR count). The average Bonchev–Trinajstić information content (AvgIpc) is 3.53. The highest BCUT2D eigenvalue weighted by Gasteiger charge is 2.23. The van der Waals surface area contributed by atoms with Crippen molar-refractivity contribution < 1.29 is 19.4 Å². The van der Waals surface area contributed by atoms with E-state index in [1.165, 1.54) is 28.5 Å². The van der Waals surface area contributed by atoms with E-state index in [0.717, 1.165) is 31.4 Å². The topological polar surface area (TPSA) is 93.5 Å². The molecule has 2 heterocycles. The zero-order valence-electron chi connectivity index (χ0n) is 18.4. The molecule has 2 aliphatic rings.